The highest BCUT2D eigenvalue weighted by Crippen LogP contribution is 2.65. The number of aliphatic hydroxyl groups is 4. The lowest BCUT2D eigenvalue weighted by Crippen LogP contribution is -2.61. The first-order valence-corrected chi connectivity index (χ1v) is 13.0. The van der Waals surface area contributed by atoms with Crippen molar-refractivity contribution < 1.29 is 53.4 Å². The Kier molecular flexibility index (Phi) is 7.21. The van der Waals surface area contributed by atoms with Gasteiger partial charge in [0.1, 0.15) is 30.5 Å². The number of hydrogen-bond donors (Lipinski definition) is 4. The van der Waals surface area contributed by atoms with Gasteiger partial charge in [-0.05, 0) is 49.2 Å². The van der Waals surface area contributed by atoms with Crippen LogP contribution in [0, 0.1) is 22.7 Å². The Balaban J connectivity index is 1.49. The minimum absolute atomic E-state index is 0.218. The van der Waals surface area contributed by atoms with Crippen molar-refractivity contribution in [2.75, 3.05) is 13.7 Å². The minimum Gasteiger partial charge on any atom is -0.472 e. The molecule has 3 heterocycles. The molecule has 1 aromatic heterocycles. The van der Waals surface area contributed by atoms with E-state index in [4.69, 9.17) is 23.4 Å². The number of cyclic esters (lactones) is 1. The predicted molar refractivity (Wildman–Crippen MR) is 128 cm³/mol. The van der Waals surface area contributed by atoms with Crippen LogP contribution >= 0.6 is 0 Å². The molecule has 0 spiro atoms. The Morgan fingerprint density at radius 1 is 1.18 bits per heavy atom. The van der Waals surface area contributed by atoms with E-state index in [1.807, 2.05) is 6.92 Å². The van der Waals surface area contributed by atoms with Gasteiger partial charge in [0.15, 0.2) is 6.29 Å². The number of aliphatic hydroxyl groups excluding tert-OH is 4. The van der Waals surface area contributed by atoms with Crippen LogP contribution in [0.5, 0.6) is 0 Å². The second kappa shape index (κ2) is 10.0. The van der Waals surface area contributed by atoms with Crippen LogP contribution in [0.4, 0.5) is 0 Å². The van der Waals surface area contributed by atoms with Crippen LogP contribution in [0.2, 0.25) is 0 Å². The fourth-order valence-corrected chi connectivity index (χ4v) is 7.28. The number of carbonyl (C=O) groups excluding carboxylic acids is 2. The molecular formula is C27H36O11. The lowest BCUT2D eigenvalue weighted by molar-refractivity contribution is -0.310. The lowest BCUT2D eigenvalue weighted by atomic mass is 9.45. The first kappa shape index (κ1) is 27.3. The highest BCUT2D eigenvalue weighted by molar-refractivity contribution is 5.90. The van der Waals surface area contributed by atoms with Gasteiger partial charge in [-0.1, -0.05) is 13.8 Å². The average molecular weight is 537 g/mol. The van der Waals surface area contributed by atoms with Crippen LogP contribution in [0.1, 0.15) is 51.2 Å². The van der Waals surface area contributed by atoms with Gasteiger partial charge in [-0.3, -0.25) is 4.79 Å². The smallest absolute Gasteiger partial charge is 0.334 e. The summed E-state index contributed by atoms with van der Waals surface area (Å²) >= 11 is 0. The van der Waals surface area contributed by atoms with Gasteiger partial charge in [0.2, 0.25) is 0 Å². The van der Waals surface area contributed by atoms with E-state index in [0.29, 0.717) is 31.3 Å². The normalized spacial score (nSPS) is 44.9. The van der Waals surface area contributed by atoms with Gasteiger partial charge < -0.3 is 43.8 Å². The van der Waals surface area contributed by atoms with E-state index < -0.39 is 66.3 Å². The molecule has 0 amide bonds. The van der Waals surface area contributed by atoms with E-state index in [1.165, 1.54) is 13.4 Å². The van der Waals surface area contributed by atoms with E-state index in [9.17, 15) is 30.0 Å². The molecular weight excluding hydrogens is 500 g/mol. The summed E-state index contributed by atoms with van der Waals surface area (Å²) in [5, 5.41) is 40.5. The van der Waals surface area contributed by atoms with Crippen LogP contribution in [0.15, 0.2) is 34.7 Å². The first-order chi connectivity index (χ1) is 18.0. The van der Waals surface area contributed by atoms with Crippen LogP contribution < -0.4 is 0 Å². The maximum Gasteiger partial charge on any atom is 0.334 e. The Labute approximate surface area is 220 Å². The third kappa shape index (κ3) is 4.29. The van der Waals surface area contributed by atoms with E-state index in [-0.39, 0.29) is 17.8 Å². The van der Waals surface area contributed by atoms with Crippen molar-refractivity contribution in [3.05, 3.63) is 35.8 Å². The summed E-state index contributed by atoms with van der Waals surface area (Å²) < 4.78 is 27.9. The molecule has 4 N–H and O–H groups in total. The molecule has 0 radical (unpaired) electrons. The molecule has 1 saturated carbocycles. The molecule has 11 nitrogen and oxygen atoms in total. The number of carbonyl (C=O) groups is 2. The molecule has 4 aliphatic rings. The Bertz CT molecular complexity index is 1070. The second-order valence-electron chi connectivity index (χ2n) is 11.4. The fraction of sp³-hybridized carbons (Fsp3) is 0.704. The topological polar surface area (TPSA) is 165 Å². The van der Waals surface area contributed by atoms with E-state index >= 15 is 0 Å². The maximum absolute atomic E-state index is 13.2. The molecule has 2 aliphatic heterocycles. The second-order valence-corrected chi connectivity index (χ2v) is 11.4. The summed E-state index contributed by atoms with van der Waals surface area (Å²) in [5.41, 5.74) is -0.00992. The summed E-state index contributed by atoms with van der Waals surface area (Å²) in [6.45, 7) is 3.48. The SMILES string of the molecule is COC(=O)C1=C[C@H](O[C@H]2O[C@H](CO)[C@@H](O)[C@H](O)[C@H]2O)C[C@H]2[C@]3(C)C[C@@H](c4ccoc4)OC(=O)[C@H]3CC[C@@]12C. The number of furan rings is 1. The van der Waals surface area contributed by atoms with Crippen LogP contribution in [0.25, 0.3) is 0 Å². The van der Waals surface area contributed by atoms with Crippen molar-refractivity contribution in [3.8, 4) is 0 Å². The van der Waals surface area contributed by atoms with Gasteiger partial charge in [-0.2, -0.15) is 0 Å². The molecule has 3 fully saturated rings. The summed E-state index contributed by atoms with van der Waals surface area (Å²) in [7, 11) is 1.31. The van der Waals surface area contributed by atoms with Gasteiger partial charge >= 0.3 is 11.9 Å². The zero-order valence-corrected chi connectivity index (χ0v) is 21.7. The quantitative estimate of drug-likeness (QED) is 0.397. The van der Waals surface area contributed by atoms with Crippen molar-refractivity contribution in [2.45, 2.75) is 82.4 Å². The summed E-state index contributed by atoms with van der Waals surface area (Å²) in [4.78, 5) is 26.3. The van der Waals surface area contributed by atoms with Gasteiger partial charge in [0.05, 0.1) is 38.3 Å². The molecule has 11 heteroatoms. The highest BCUT2D eigenvalue weighted by atomic mass is 16.7. The molecule has 0 aromatic carbocycles. The van der Waals surface area contributed by atoms with Crippen molar-refractivity contribution >= 4 is 11.9 Å². The molecule has 1 aromatic rings. The van der Waals surface area contributed by atoms with E-state index in [0.717, 1.165) is 5.56 Å². The monoisotopic (exact) mass is 536 g/mol. The summed E-state index contributed by atoms with van der Waals surface area (Å²) in [6, 6.07) is 1.77. The van der Waals surface area contributed by atoms with Gasteiger partial charge in [0.25, 0.3) is 0 Å². The van der Waals surface area contributed by atoms with Gasteiger partial charge in [0, 0.05) is 16.6 Å². The molecule has 5 rings (SSSR count). The van der Waals surface area contributed by atoms with Crippen LogP contribution in [-0.2, 0) is 28.5 Å². The largest absolute Gasteiger partial charge is 0.472 e. The maximum atomic E-state index is 13.2. The van der Waals surface area contributed by atoms with Crippen molar-refractivity contribution in [1.82, 2.24) is 0 Å². The Hall–Kier alpha value is -2.28. The summed E-state index contributed by atoms with van der Waals surface area (Å²) in [5.74, 6) is -1.39. The fourth-order valence-electron chi connectivity index (χ4n) is 7.28. The standard InChI is InChI=1S/C27H36O11/c1-26-6-4-15-24(33)37-17(13-5-7-35-12-13)10-27(15,2)19(26)9-14(8-16(26)23(32)34-3)36-25-22(31)21(30)20(29)18(11-28)38-25/h5,7-8,12,14-15,17-22,25,28-31H,4,6,9-11H2,1-3H3/t14-,15+,17-,18+,19+,20+,21-,22+,25-,26-,27+/m0/s1. The molecule has 38 heavy (non-hydrogen) atoms. The number of ether oxygens (including phenoxy) is 4. The molecule has 2 saturated heterocycles. The lowest BCUT2D eigenvalue weighted by Gasteiger charge is -2.60. The number of fused-ring (bicyclic) bond motifs is 3. The summed E-state index contributed by atoms with van der Waals surface area (Å²) in [6.07, 6.45) is -1.63. The predicted octanol–water partition coefficient (Wildman–Crippen LogP) is 0.995. The molecule has 0 bridgehead atoms. The average Bonchev–Trinajstić information content (AvgIpc) is 3.43. The zero-order chi connectivity index (χ0) is 27.4. The van der Waals surface area contributed by atoms with Crippen LogP contribution in [-0.4, -0.2) is 82.9 Å². The minimum atomic E-state index is -1.59. The number of methoxy groups -OCH3 is 1. The molecule has 0 unspecified atom stereocenters. The van der Waals surface area contributed by atoms with Crippen molar-refractivity contribution in [3.63, 3.8) is 0 Å². The van der Waals surface area contributed by atoms with Gasteiger partial charge in [-0.25, -0.2) is 4.79 Å². The Morgan fingerprint density at radius 3 is 2.61 bits per heavy atom. The molecule has 2 aliphatic carbocycles. The van der Waals surface area contributed by atoms with E-state index in [2.05, 4.69) is 6.92 Å². The van der Waals surface area contributed by atoms with Crippen LogP contribution in [0.3, 0.4) is 0 Å². The highest BCUT2D eigenvalue weighted by Gasteiger charge is 2.62. The Morgan fingerprint density at radius 2 is 1.95 bits per heavy atom. The van der Waals surface area contributed by atoms with E-state index in [1.54, 1.807) is 18.4 Å². The number of rotatable bonds is 5. The number of esters is 2. The number of hydrogen-bond acceptors (Lipinski definition) is 11. The van der Waals surface area contributed by atoms with Crippen molar-refractivity contribution in [1.29, 1.82) is 0 Å². The van der Waals surface area contributed by atoms with Crippen molar-refractivity contribution in [2.24, 2.45) is 22.7 Å². The van der Waals surface area contributed by atoms with Gasteiger partial charge in [-0.15, -0.1) is 0 Å². The third-order valence-corrected chi connectivity index (χ3v) is 9.40. The molecule has 210 valence electrons. The first-order valence-electron chi connectivity index (χ1n) is 13.0. The molecule has 11 atom stereocenters. The zero-order valence-electron chi connectivity index (χ0n) is 21.7. The third-order valence-electron chi connectivity index (χ3n) is 9.40.